The van der Waals surface area contributed by atoms with Crippen molar-refractivity contribution in [3.63, 3.8) is 0 Å². The fraction of sp³-hybridized carbons (Fsp3) is 0.500. The molecular weight excluding hydrogens is 160 g/mol. The van der Waals surface area contributed by atoms with Gasteiger partial charge in [-0.3, -0.25) is 0 Å². The Kier molecular flexibility index (Phi) is 3.81. The first-order chi connectivity index (χ1) is 6.29. The van der Waals surface area contributed by atoms with E-state index in [0.717, 1.165) is 25.2 Å². The molecule has 0 spiro atoms. The normalized spacial score (nSPS) is 25.0. The third kappa shape index (κ3) is 2.48. The maximum Gasteiger partial charge on any atom is 0.125 e. The number of hydrogen-bond acceptors (Lipinski definition) is 1. The van der Waals surface area contributed by atoms with Crippen molar-refractivity contribution >= 4 is 0 Å². The zero-order valence-electron chi connectivity index (χ0n) is 8.76. The van der Waals surface area contributed by atoms with Crippen LogP contribution in [0.25, 0.3) is 0 Å². The Hall–Kier alpha value is -0.980. The third-order valence-electron chi connectivity index (χ3n) is 2.25. The molecule has 0 bridgehead atoms. The summed E-state index contributed by atoms with van der Waals surface area (Å²) in [6.07, 6.45) is 8.60. The molecule has 13 heavy (non-hydrogen) atoms. The predicted octanol–water partition coefficient (Wildman–Crippen LogP) is 3.59. The zero-order valence-corrected chi connectivity index (χ0v) is 8.76. The van der Waals surface area contributed by atoms with Crippen LogP contribution in [0.15, 0.2) is 35.1 Å². The van der Waals surface area contributed by atoms with Crippen molar-refractivity contribution in [2.75, 3.05) is 6.61 Å². The summed E-state index contributed by atoms with van der Waals surface area (Å²) in [4.78, 5) is 0. The van der Waals surface area contributed by atoms with E-state index in [4.69, 9.17) is 4.74 Å². The number of rotatable bonds is 1. The second-order valence-corrected chi connectivity index (χ2v) is 3.28. The van der Waals surface area contributed by atoms with Crippen LogP contribution in [0.1, 0.15) is 33.6 Å². The van der Waals surface area contributed by atoms with Crippen LogP contribution in [0.2, 0.25) is 0 Å². The quantitative estimate of drug-likeness (QED) is 0.596. The van der Waals surface area contributed by atoms with Crippen LogP contribution in [0.3, 0.4) is 0 Å². The van der Waals surface area contributed by atoms with E-state index in [1.807, 2.05) is 13.0 Å². The lowest BCUT2D eigenvalue weighted by molar-refractivity contribution is 0.191. The first-order valence-electron chi connectivity index (χ1n) is 4.91. The van der Waals surface area contributed by atoms with Crippen LogP contribution in [0, 0.1) is 0 Å². The molecular formula is C12H18O. The average Bonchev–Trinajstić information content (AvgIpc) is 2.18. The Balaban J connectivity index is 2.92. The summed E-state index contributed by atoms with van der Waals surface area (Å²) in [5.41, 5.74) is 2.58. The summed E-state index contributed by atoms with van der Waals surface area (Å²) in [5.74, 6) is 1.09. The van der Waals surface area contributed by atoms with Crippen molar-refractivity contribution in [1.29, 1.82) is 0 Å². The Labute approximate surface area is 80.8 Å². The molecule has 0 aromatic carbocycles. The van der Waals surface area contributed by atoms with Gasteiger partial charge >= 0.3 is 0 Å². The van der Waals surface area contributed by atoms with Gasteiger partial charge in [-0.2, -0.15) is 0 Å². The average molecular weight is 178 g/mol. The molecule has 0 radical (unpaired) electrons. The molecule has 1 aliphatic heterocycles. The molecule has 0 amide bonds. The van der Waals surface area contributed by atoms with E-state index in [9.17, 15) is 0 Å². The van der Waals surface area contributed by atoms with Crippen LogP contribution in [0.4, 0.5) is 0 Å². The van der Waals surface area contributed by atoms with Gasteiger partial charge in [0.2, 0.25) is 0 Å². The van der Waals surface area contributed by atoms with Gasteiger partial charge < -0.3 is 4.74 Å². The summed E-state index contributed by atoms with van der Waals surface area (Å²) < 4.78 is 5.66. The highest BCUT2D eigenvalue weighted by Crippen LogP contribution is 2.26. The second kappa shape index (κ2) is 4.90. The van der Waals surface area contributed by atoms with Crippen molar-refractivity contribution in [2.45, 2.75) is 33.6 Å². The molecule has 1 heteroatoms. The monoisotopic (exact) mass is 178 g/mol. The zero-order chi connectivity index (χ0) is 9.68. The van der Waals surface area contributed by atoms with E-state index in [1.165, 1.54) is 11.1 Å². The van der Waals surface area contributed by atoms with E-state index >= 15 is 0 Å². The molecule has 0 aliphatic carbocycles. The van der Waals surface area contributed by atoms with Crippen LogP contribution < -0.4 is 0 Å². The summed E-state index contributed by atoms with van der Waals surface area (Å²) in [6, 6.07) is 0. The third-order valence-corrected chi connectivity index (χ3v) is 2.25. The maximum atomic E-state index is 5.66. The van der Waals surface area contributed by atoms with Crippen LogP contribution in [-0.4, -0.2) is 6.61 Å². The van der Waals surface area contributed by atoms with Gasteiger partial charge in [0.15, 0.2) is 0 Å². The standard InChI is InChI=1S/C12H18O/c1-4-7-10(3)12-11(5-2)8-6-9-13-12/h4-5,7H,6,8-9H2,1-3H3/b7-4-,11-5+,12-10+. The summed E-state index contributed by atoms with van der Waals surface area (Å²) in [6.45, 7) is 7.07. The van der Waals surface area contributed by atoms with E-state index in [0.29, 0.717) is 0 Å². The summed E-state index contributed by atoms with van der Waals surface area (Å²) in [5, 5.41) is 0. The van der Waals surface area contributed by atoms with Gasteiger partial charge in [0, 0.05) is 0 Å². The largest absolute Gasteiger partial charge is 0.493 e. The number of hydrogen-bond donors (Lipinski definition) is 0. The van der Waals surface area contributed by atoms with E-state index in [2.05, 4.69) is 26.0 Å². The smallest absolute Gasteiger partial charge is 0.125 e. The lowest BCUT2D eigenvalue weighted by atomic mass is 10.0. The Bertz CT molecular complexity index is 256. The Morgan fingerprint density at radius 1 is 1.38 bits per heavy atom. The first kappa shape index (κ1) is 10.1. The highest BCUT2D eigenvalue weighted by molar-refractivity contribution is 5.35. The SMILES string of the molecule is C\C=C/C(C)=C1/OCCC/C1=C\C. The predicted molar refractivity (Wildman–Crippen MR) is 56.5 cm³/mol. The fourth-order valence-corrected chi connectivity index (χ4v) is 1.61. The minimum atomic E-state index is 0.863. The van der Waals surface area contributed by atoms with Crippen LogP contribution in [0.5, 0.6) is 0 Å². The molecule has 72 valence electrons. The highest BCUT2D eigenvalue weighted by Gasteiger charge is 2.13. The second-order valence-electron chi connectivity index (χ2n) is 3.28. The minimum Gasteiger partial charge on any atom is -0.493 e. The van der Waals surface area contributed by atoms with Gasteiger partial charge in [-0.1, -0.05) is 18.2 Å². The molecule has 1 heterocycles. The van der Waals surface area contributed by atoms with Gasteiger partial charge in [-0.15, -0.1) is 0 Å². The first-order valence-corrected chi connectivity index (χ1v) is 4.91. The van der Waals surface area contributed by atoms with E-state index < -0.39 is 0 Å². The van der Waals surface area contributed by atoms with Gasteiger partial charge in [-0.25, -0.2) is 0 Å². The number of allylic oxidation sites excluding steroid dienone is 5. The molecule has 1 rings (SSSR count). The molecule has 0 N–H and O–H groups in total. The van der Waals surface area contributed by atoms with Crippen molar-refractivity contribution in [2.24, 2.45) is 0 Å². The molecule has 0 aromatic rings. The van der Waals surface area contributed by atoms with Gasteiger partial charge in [0.25, 0.3) is 0 Å². The molecule has 0 aromatic heterocycles. The van der Waals surface area contributed by atoms with E-state index in [1.54, 1.807) is 0 Å². The molecule has 1 saturated heterocycles. The number of ether oxygens (including phenoxy) is 1. The molecule has 1 fully saturated rings. The van der Waals surface area contributed by atoms with Crippen LogP contribution in [-0.2, 0) is 4.74 Å². The summed E-state index contributed by atoms with van der Waals surface area (Å²) >= 11 is 0. The summed E-state index contributed by atoms with van der Waals surface area (Å²) in [7, 11) is 0. The fourth-order valence-electron chi connectivity index (χ4n) is 1.61. The van der Waals surface area contributed by atoms with Crippen molar-refractivity contribution in [3.05, 3.63) is 35.1 Å². The topological polar surface area (TPSA) is 9.23 Å². The van der Waals surface area contributed by atoms with Gasteiger partial charge in [-0.05, 0) is 44.8 Å². The van der Waals surface area contributed by atoms with Gasteiger partial charge in [0.1, 0.15) is 5.76 Å². The van der Waals surface area contributed by atoms with Crippen molar-refractivity contribution in [3.8, 4) is 0 Å². The highest BCUT2D eigenvalue weighted by atomic mass is 16.5. The molecule has 1 aliphatic rings. The lowest BCUT2D eigenvalue weighted by Crippen LogP contribution is -2.07. The minimum absolute atomic E-state index is 0.863. The lowest BCUT2D eigenvalue weighted by Gasteiger charge is -2.20. The van der Waals surface area contributed by atoms with Crippen molar-refractivity contribution < 1.29 is 4.74 Å². The maximum absolute atomic E-state index is 5.66. The Morgan fingerprint density at radius 2 is 2.15 bits per heavy atom. The molecule has 0 atom stereocenters. The molecule has 1 nitrogen and oxygen atoms in total. The molecule has 0 unspecified atom stereocenters. The Morgan fingerprint density at radius 3 is 2.77 bits per heavy atom. The van der Waals surface area contributed by atoms with E-state index in [-0.39, 0.29) is 0 Å². The van der Waals surface area contributed by atoms with Crippen LogP contribution >= 0.6 is 0 Å². The van der Waals surface area contributed by atoms with Gasteiger partial charge in [0.05, 0.1) is 6.61 Å². The molecule has 0 saturated carbocycles. The van der Waals surface area contributed by atoms with Crippen molar-refractivity contribution in [1.82, 2.24) is 0 Å².